The number of thiophene rings is 1. The molecule has 0 aliphatic carbocycles. The van der Waals surface area contributed by atoms with Gasteiger partial charge in [0, 0.05) is 21.2 Å². The van der Waals surface area contributed by atoms with Crippen molar-refractivity contribution in [3.63, 3.8) is 0 Å². The molecular formula is C34H23NS. The average molecular weight is 478 g/mol. The highest BCUT2D eigenvalue weighted by Crippen LogP contribution is 2.41. The van der Waals surface area contributed by atoms with Gasteiger partial charge in [0.25, 0.3) is 0 Å². The van der Waals surface area contributed by atoms with Crippen LogP contribution in [-0.2, 0) is 0 Å². The van der Waals surface area contributed by atoms with Crippen LogP contribution in [0.4, 0.5) is 11.4 Å². The van der Waals surface area contributed by atoms with Crippen LogP contribution in [0.1, 0.15) is 0 Å². The quantitative estimate of drug-likeness (QED) is 0.266. The predicted octanol–water partition coefficient (Wildman–Crippen LogP) is 10.3. The molecule has 1 aromatic heterocycles. The Morgan fingerprint density at radius 3 is 2.08 bits per heavy atom. The van der Waals surface area contributed by atoms with Crippen molar-refractivity contribution in [2.45, 2.75) is 0 Å². The minimum Gasteiger partial charge on any atom is -0.354 e. The highest BCUT2D eigenvalue weighted by molar-refractivity contribution is 7.26. The first-order chi connectivity index (χ1) is 17.8. The second kappa shape index (κ2) is 8.67. The topological polar surface area (TPSA) is 12.0 Å². The van der Waals surface area contributed by atoms with E-state index < -0.39 is 0 Å². The summed E-state index contributed by atoms with van der Waals surface area (Å²) in [6.07, 6.45) is 0. The van der Waals surface area contributed by atoms with Gasteiger partial charge < -0.3 is 5.32 Å². The van der Waals surface area contributed by atoms with Gasteiger partial charge in [0.15, 0.2) is 0 Å². The van der Waals surface area contributed by atoms with Crippen LogP contribution in [0.3, 0.4) is 0 Å². The van der Waals surface area contributed by atoms with Gasteiger partial charge in [-0.25, -0.2) is 0 Å². The molecule has 0 radical (unpaired) electrons. The monoisotopic (exact) mass is 477 g/mol. The Balaban J connectivity index is 1.24. The summed E-state index contributed by atoms with van der Waals surface area (Å²) < 4.78 is 2.60. The molecule has 0 saturated carbocycles. The number of hydrogen-bond acceptors (Lipinski definition) is 2. The zero-order chi connectivity index (χ0) is 23.9. The van der Waals surface area contributed by atoms with Crippen LogP contribution in [0.2, 0.25) is 0 Å². The smallest absolute Gasteiger partial charge is 0.0590 e. The molecule has 7 aromatic rings. The Hall–Kier alpha value is -4.40. The highest BCUT2D eigenvalue weighted by atomic mass is 32.1. The van der Waals surface area contributed by atoms with E-state index in [4.69, 9.17) is 0 Å². The third-order valence-corrected chi connectivity index (χ3v) is 8.09. The molecule has 0 fully saturated rings. The molecule has 0 aliphatic rings. The molecule has 0 aliphatic heterocycles. The van der Waals surface area contributed by atoms with Crippen molar-refractivity contribution in [2.24, 2.45) is 0 Å². The summed E-state index contributed by atoms with van der Waals surface area (Å²) in [6, 6.07) is 47.8. The van der Waals surface area contributed by atoms with Crippen molar-refractivity contribution in [1.82, 2.24) is 0 Å². The zero-order valence-electron chi connectivity index (χ0n) is 19.6. The maximum absolute atomic E-state index is 3.68. The Morgan fingerprint density at radius 2 is 1.19 bits per heavy atom. The molecule has 1 nitrogen and oxygen atoms in total. The summed E-state index contributed by atoms with van der Waals surface area (Å²) in [5.41, 5.74) is 7.23. The normalized spacial score (nSPS) is 11.3. The number of nitrogens with one attached hydrogen (secondary N) is 1. The first-order valence-electron chi connectivity index (χ1n) is 12.2. The summed E-state index contributed by atoms with van der Waals surface area (Å²) in [7, 11) is 0. The van der Waals surface area contributed by atoms with Gasteiger partial charge in [0.05, 0.1) is 10.4 Å². The summed E-state index contributed by atoms with van der Waals surface area (Å²) in [6.45, 7) is 0. The molecule has 36 heavy (non-hydrogen) atoms. The molecule has 0 amide bonds. The molecule has 1 N–H and O–H groups in total. The Labute approximate surface area is 214 Å². The molecule has 0 atom stereocenters. The molecule has 2 heteroatoms. The third kappa shape index (κ3) is 3.64. The van der Waals surface area contributed by atoms with Gasteiger partial charge in [-0.1, -0.05) is 103 Å². The molecule has 0 unspecified atom stereocenters. The largest absolute Gasteiger partial charge is 0.354 e. The van der Waals surface area contributed by atoms with E-state index in [2.05, 4.69) is 139 Å². The van der Waals surface area contributed by atoms with Gasteiger partial charge in [0.2, 0.25) is 0 Å². The van der Waals surface area contributed by atoms with Gasteiger partial charge in [-0.05, 0) is 63.4 Å². The lowest BCUT2D eigenvalue weighted by atomic mass is 9.98. The Morgan fingerprint density at radius 1 is 0.472 bits per heavy atom. The molecular weight excluding hydrogens is 454 g/mol. The molecule has 0 spiro atoms. The second-order valence-corrected chi connectivity index (χ2v) is 10.1. The van der Waals surface area contributed by atoms with E-state index in [0.29, 0.717) is 0 Å². The SMILES string of the molecule is c1ccc(-c2ccc3sc4c(Nc5ccc(-c6cccc7ccccc67)cc5)cccc4c3c2)cc1. The maximum atomic E-state index is 3.68. The second-order valence-electron chi connectivity index (χ2n) is 9.09. The first kappa shape index (κ1) is 20.9. The van der Waals surface area contributed by atoms with Gasteiger partial charge in [-0.15, -0.1) is 11.3 Å². The van der Waals surface area contributed by atoms with E-state index in [0.717, 1.165) is 11.4 Å². The number of benzene rings is 6. The van der Waals surface area contributed by atoms with Crippen LogP contribution in [0.25, 0.3) is 53.2 Å². The average Bonchev–Trinajstić information content (AvgIpc) is 3.33. The minimum absolute atomic E-state index is 1.09. The summed E-state index contributed by atoms with van der Waals surface area (Å²) in [5.74, 6) is 0. The molecule has 0 saturated heterocycles. The van der Waals surface area contributed by atoms with Crippen LogP contribution in [0, 0.1) is 0 Å². The maximum Gasteiger partial charge on any atom is 0.0590 e. The fraction of sp³-hybridized carbons (Fsp3) is 0. The minimum atomic E-state index is 1.09. The van der Waals surface area contributed by atoms with Crippen molar-refractivity contribution in [1.29, 1.82) is 0 Å². The van der Waals surface area contributed by atoms with Crippen molar-refractivity contribution in [2.75, 3.05) is 5.32 Å². The Bertz CT molecular complexity index is 1840. The summed E-state index contributed by atoms with van der Waals surface area (Å²) in [4.78, 5) is 0. The predicted molar refractivity (Wildman–Crippen MR) is 157 cm³/mol. The lowest BCUT2D eigenvalue weighted by molar-refractivity contribution is 1.58. The lowest BCUT2D eigenvalue weighted by Crippen LogP contribution is -1.90. The summed E-state index contributed by atoms with van der Waals surface area (Å²) in [5, 5.41) is 8.84. The van der Waals surface area contributed by atoms with Crippen LogP contribution < -0.4 is 5.32 Å². The standard InChI is InChI=1S/C34H23NS/c1-2-8-23(9-3-1)26-18-21-33-31(22-26)30-14-7-15-32(34(30)36-33)35-27-19-16-25(17-20-27)29-13-6-11-24-10-4-5-12-28(24)29/h1-22,35H. The molecule has 6 aromatic carbocycles. The fourth-order valence-electron chi connectivity index (χ4n) is 5.07. The van der Waals surface area contributed by atoms with E-state index in [1.54, 1.807) is 0 Å². The van der Waals surface area contributed by atoms with E-state index in [1.807, 2.05) is 11.3 Å². The van der Waals surface area contributed by atoms with E-state index >= 15 is 0 Å². The number of hydrogen-bond donors (Lipinski definition) is 1. The molecule has 1 heterocycles. The van der Waals surface area contributed by atoms with Crippen molar-refractivity contribution in [3.8, 4) is 22.3 Å². The van der Waals surface area contributed by atoms with Crippen LogP contribution >= 0.6 is 11.3 Å². The van der Waals surface area contributed by atoms with Crippen molar-refractivity contribution < 1.29 is 0 Å². The van der Waals surface area contributed by atoms with Crippen LogP contribution in [0.5, 0.6) is 0 Å². The molecule has 0 bridgehead atoms. The van der Waals surface area contributed by atoms with E-state index in [9.17, 15) is 0 Å². The third-order valence-electron chi connectivity index (χ3n) is 6.87. The van der Waals surface area contributed by atoms with Gasteiger partial charge in [0.1, 0.15) is 0 Å². The number of fused-ring (bicyclic) bond motifs is 4. The fourth-order valence-corrected chi connectivity index (χ4v) is 6.22. The van der Waals surface area contributed by atoms with E-state index in [-0.39, 0.29) is 0 Å². The number of rotatable bonds is 4. The zero-order valence-corrected chi connectivity index (χ0v) is 20.4. The van der Waals surface area contributed by atoms with Crippen molar-refractivity contribution in [3.05, 3.63) is 133 Å². The lowest BCUT2D eigenvalue weighted by Gasteiger charge is -2.10. The van der Waals surface area contributed by atoms with Gasteiger partial charge in [-0.3, -0.25) is 0 Å². The van der Waals surface area contributed by atoms with Crippen LogP contribution in [-0.4, -0.2) is 0 Å². The van der Waals surface area contributed by atoms with Gasteiger partial charge in [-0.2, -0.15) is 0 Å². The van der Waals surface area contributed by atoms with Crippen LogP contribution in [0.15, 0.2) is 133 Å². The highest BCUT2D eigenvalue weighted by Gasteiger charge is 2.11. The Kier molecular flexibility index (Phi) is 5.04. The molecule has 7 rings (SSSR count). The number of anilines is 2. The van der Waals surface area contributed by atoms with Gasteiger partial charge >= 0.3 is 0 Å². The van der Waals surface area contributed by atoms with E-state index in [1.165, 1.54) is 53.2 Å². The van der Waals surface area contributed by atoms with Crippen molar-refractivity contribution >= 4 is 53.7 Å². The first-order valence-corrected chi connectivity index (χ1v) is 13.0. The molecule has 170 valence electrons. The summed E-state index contributed by atoms with van der Waals surface area (Å²) >= 11 is 1.85.